The Kier molecular flexibility index (Phi) is 7.45. The zero-order chi connectivity index (χ0) is 27.5. The molecule has 37 heavy (non-hydrogen) atoms. The van der Waals surface area contributed by atoms with Crippen molar-refractivity contribution in [3.8, 4) is 23.0 Å². The van der Waals surface area contributed by atoms with Gasteiger partial charge in [-0.15, -0.1) is 13.2 Å². The van der Waals surface area contributed by atoms with Crippen LogP contribution in [0.1, 0.15) is 32.1 Å². The molecule has 0 aliphatic heterocycles. The molecule has 2 heterocycles. The number of aromatic nitrogens is 2. The number of hydrogen-bond donors (Lipinski definition) is 2. The van der Waals surface area contributed by atoms with Crippen molar-refractivity contribution in [2.75, 3.05) is 12.4 Å². The SMILES string of the molecule is COc1c(C(F)(F)F)ncc(Oc2ccc(OC(F)(F)F)cc2)c1C(=O)Nc1cc(C(N)=O)ncc1C. The predicted octanol–water partition coefficient (Wildman–Crippen LogP) is 4.85. The number of anilines is 1. The van der Waals surface area contributed by atoms with Crippen LogP contribution >= 0.6 is 0 Å². The lowest BCUT2D eigenvalue weighted by Crippen LogP contribution is -2.20. The van der Waals surface area contributed by atoms with Gasteiger partial charge >= 0.3 is 12.5 Å². The molecule has 0 saturated carbocycles. The molecular formula is C22H16F6N4O5. The molecule has 9 nitrogen and oxygen atoms in total. The monoisotopic (exact) mass is 530 g/mol. The van der Waals surface area contributed by atoms with E-state index in [1.165, 1.54) is 13.1 Å². The molecule has 0 spiro atoms. The lowest BCUT2D eigenvalue weighted by Gasteiger charge is -2.18. The van der Waals surface area contributed by atoms with Gasteiger partial charge in [-0.05, 0) is 42.8 Å². The third-order valence-corrected chi connectivity index (χ3v) is 4.59. The highest BCUT2D eigenvalue weighted by Gasteiger charge is 2.40. The number of alkyl halides is 6. The summed E-state index contributed by atoms with van der Waals surface area (Å²) >= 11 is 0. The molecule has 3 aromatic rings. The topological polar surface area (TPSA) is 126 Å². The molecule has 2 aromatic heterocycles. The number of nitrogens with one attached hydrogen (secondary N) is 1. The van der Waals surface area contributed by atoms with Crippen LogP contribution in [0.5, 0.6) is 23.0 Å². The number of rotatable bonds is 7. The average molecular weight is 530 g/mol. The number of carbonyl (C=O) groups excluding carboxylic acids is 2. The van der Waals surface area contributed by atoms with Crippen molar-refractivity contribution in [3.05, 3.63) is 65.2 Å². The Balaban J connectivity index is 2.06. The molecule has 0 saturated heterocycles. The molecule has 3 rings (SSSR count). The first-order chi connectivity index (χ1) is 17.2. The first-order valence-corrected chi connectivity index (χ1v) is 9.95. The highest BCUT2D eigenvalue weighted by Crippen LogP contribution is 2.41. The van der Waals surface area contributed by atoms with Crippen molar-refractivity contribution in [1.29, 1.82) is 0 Å². The second kappa shape index (κ2) is 10.2. The van der Waals surface area contributed by atoms with E-state index in [4.69, 9.17) is 15.2 Å². The third kappa shape index (κ3) is 6.56. The molecule has 0 radical (unpaired) electrons. The second-order valence-corrected chi connectivity index (χ2v) is 7.20. The van der Waals surface area contributed by atoms with E-state index in [1.54, 1.807) is 0 Å². The molecule has 0 aliphatic carbocycles. The average Bonchev–Trinajstić information content (AvgIpc) is 2.79. The highest BCUT2D eigenvalue weighted by molar-refractivity contribution is 6.09. The van der Waals surface area contributed by atoms with Crippen LogP contribution in [0.3, 0.4) is 0 Å². The fraction of sp³-hybridized carbons (Fsp3) is 0.182. The molecule has 0 atom stereocenters. The zero-order valence-electron chi connectivity index (χ0n) is 18.8. The van der Waals surface area contributed by atoms with E-state index < -0.39 is 52.9 Å². The summed E-state index contributed by atoms with van der Waals surface area (Å²) in [6, 6.07) is 4.96. The molecule has 15 heteroatoms. The third-order valence-electron chi connectivity index (χ3n) is 4.59. The minimum atomic E-state index is -5.03. The summed E-state index contributed by atoms with van der Waals surface area (Å²) in [5.74, 6) is -4.32. The van der Waals surface area contributed by atoms with Crippen LogP contribution in [0.2, 0.25) is 0 Å². The molecule has 2 amide bonds. The Morgan fingerprint density at radius 3 is 2.14 bits per heavy atom. The Morgan fingerprint density at radius 2 is 1.59 bits per heavy atom. The Morgan fingerprint density at radius 1 is 0.973 bits per heavy atom. The highest BCUT2D eigenvalue weighted by atomic mass is 19.4. The Bertz CT molecular complexity index is 1330. The number of carbonyl (C=O) groups is 2. The number of nitrogens with zero attached hydrogens (tertiary/aromatic N) is 2. The van der Waals surface area contributed by atoms with Crippen LogP contribution in [0, 0.1) is 6.92 Å². The molecule has 0 bridgehead atoms. The maximum Gasteiger partial charge on any atom is 0.573 e. The molecule has 0 unspecified atom stereocenters. The summed E-state index contributed by atoms with van der Waals surface area (Å²) < 4.78 is 91.9. The van der Waals surface area contributed by atoms with Gasteiger partial charge < -0.3 is 25.3 Å². The predicted molar refractivity (Wildman–Crippen MR) is 114 cm³/mol. The summed E-state index contributed by atoms with van der Waals surface area (Å²) in [6.45, 7) is 1.50. The van der Waals surface area contributed by atoms with Gasteiger partial charge in [-0.25, -0.2) is 4.98 Å². The maximum absolute atomic E-state index is 13.6. The summed E-state index contributed by atoms with van der Waals surface area (Å²) in [6.07, 6.45) is -8.16. The fourth-order valence-electron chi connectivity index (χ4n) is 2.98. The van der Waals surface area contributed by atoms with Gasteiger partial charge in [0.2, 0.25) is 0 Å². The summed E-state index contributed by atoms with van der Waals surface area (Å²) in [5.41, 5.74) is 3.02. The van der Waals surface area contributed by atoms with Crippen molar-refractivity contribution < 1.29 is 50.1 Å². The van der Waals surface area contributed by atoms with Crippen LogP contribution in [0.25, 0.3) is 0 Å². The second-order valence-electron chi connectivity index (χ2n) is 7.20. The van der Waals surface area contributed by atoms with Gasteiger partial charge in [0.1, 0.15) is 22.8 Å². The minimum Gasteiger partial charge on any atom is -0.493 e. The van der Waals surface area contributed by atoms with Crippen LogP contribution in [0.15, 0.2) is 42.7 Å². The van der Waals surface area contributed by atoms with Crippen molar-refractivity contribution in [3.63, 3.8) is 0 Å². The van der Waals surface area contributed by atoms with E-state index in [1.807, 2.05) is 0 Å². The largest absolute Gasteiger partial charge is 0.573 e. The number of hydrogen-bond acceptors (Lipinski definition) is 7. The molecule has 0 fully saturated rings. The van der Waals surface area contributed by atoms with Crippen molar-refractivity contribution in [1.82, 2.24) is 9.97 Å². The molecule has 0 aliphatic rings. The van der Waals surface area contributed by atoms with E-state index >= 15 is 0 Å². The van der Waals surface area contributed by atoms with Gasteiger partial charge in [-0.1, -0.05) is 0 Å². The van der Waals surface area contributed by atoms with Crippen molar-refractivity contribution >= 4 is 17.5 Å². The van der Waals surface area contributed by atoms with Gasteiger partial charge in [-0.3, -0.25) is 14.6 Å². The zero-order valence-corrected chi connectivity index (χ0v) is 18.8. The maximum atomic E-state index is 13.6. The first-order valence-electron chi connectivity index (χ1n) is 9.95. The number of primary amides is 1. The van der Waals surface area contributed by atoms with E-state index in [9.17, 15) is 35.9 Å². The van der Waals surface area contributed by atoms with Gasteiger partial charge in [0, 0.05) is 11.9 Å². The summed E-state index contributed by atoms with van der Waals surface area (Å²) in [4.78, 5) is 31.7. The summed E-state index contributed by atoms with van der Waals surface area (Å²) in [5, 5.41) is 2.35. The lowest BCUT2D eigenvalue weighted by molar-refractivity contribution is -0.274. The molecule has 3 N–H and O–H groups in total. The smallest absolute Gasteiger partial charge is 0.493 e. The molecule has 196 valence electrons. The van der Waals surface area contributed by atoms with Crippen LogP contribution in [-0.2, 0) is 6.18 Å². The minimum absolute atomic E-state index is 0.000765. The number of halogens is 6. The van der Waals surface area contributed by atoms with E-state index in [2.05, 4.69) is 20.0 Å². The normalized spacial score (nSPS) is 11.6. The number of nitrogens with two attached hydrogens (primary N) is 1. The lowest BCUT2D eigenvalue weighted by atomic mass is 10.1. The van der Waals surface area contributed by atoms with Crippen molar-refractivity contribution in [2.45, 2.75) is 19.5 Å². The van der Waals surface area contributed by atoms with Gasteiger partial charge in [0.15, 0.2) is 17.2 Å². The number of pyridine rings is 2. The van der Waals surface area contributed by atoms with Crippen molar-refractivity contribution in [2.24, 2.45) is 5.73 Å². The van der Waals surface area contributed by atoms with Crippen LogP contribution in [0.4, 0.5) is 32.0 Å². The number of ether oxygens (including phenoxy) is 3. The van der Waals surface area contributed by atoms with Crippen LogP contribution < -0.4 is 25.3 Å². The number of aryl methyl sites for hydroxylation is 1. The molecule has 1 aromatic carbocycles. The van der Waals surface area contributed by atoms with Gasteiger partial charge in [0.05, 0.1) is 13.3 Å². The summed E-state index contributed by atoms with van der Waals surface area (Å²) in [7, 11) is 0.874. The van der Waals surface area contributed by atoms with Crippen LogP contribution in [-0.4, -0.2) is 35.3 Å². The quantitative estimate of drug-likeness (QED) is 0.418. The van der Waals surface area contributed by atoms with E-state index in [0.717, 1.165) is 37.4 Å². The standard InChI is InChI=1S/C22H16F6N4O5/c1-10-8-30-14(19(29)33)7-13(10)32-20(34)16-15(9-31-18(17(16)35-2)21(23,24)25)36-11-3-5-12(6-4-11)37-22(26,27)28/h3-9H,1-2H3,(H2,29,33)(H,30,32,34). The first kappa shape index (κ1) is 27.0. The molecular weight excluding hydrogens is 514 g/mol. The number of benzene rings is 1. The fourth-order valence-corrected chi connectivity index (χ4v) is 2.98. The van der Waals surface area contributed by atoms with Gasteiger partial charge in [0.25, 0.3) is 11.8 Å². The number of methoxy groups -OCH3 is 1. The Hall–Kier alpha value is -4.56. The van der Waals surface area contributed by atoms with Gasteiger partial charge in [-0.2, -0.15) is 13.2 Å². The number of amides is 2. The van der Waals surface area contributed by atoms with E-state index in [-0.39, 0.29) is 17.1 Å². The Labute approximate surface area is 204 Å². The van der Waals surface area contributed by atoms with E-state index in [0.29, 0.717) is 11.8 Å².